The largest absolute Gasteiger partial charge is 0.323 e. The van der Waals surface area contributed by atoms with E-state index in [1.807, 2.05) is 43.3 Å². The Hall–Kier alpha value is -2.14. The van der Waals surface area contributed by atoms with Crippen LogP contribution in [0.25, 0.3) is 0 Å². The number of nitrogens with two attached hydrogens (primary N) is 1. The molecular formula is C16H22N4O. The zero-order valence-corrected chi connectivity index (χ0v) is 12.5. The smallest absolute Gasteiger partial charge is 0.230 e. The van der Waals surface area contributed by atoms with Gasteiger partial charge in [-0.25, -0.2) is 0 Å². The Kier molecular flexibility index (Phi) is 5.11. The Morgan fingerprint density at radius 2 is 2.10 bits per heavy atom. The number of carbonyl (C=O) groups is 1. The van der Waals surface area contributed by atoms with Crippen molar-refractivity contribution in [2.75, 3.05) is 5.32 Å². The molecule has 112 valence electrons. The number of aryl methyl sites for hydroxylation is 1. The van der Waals surface area contributed by atoms with Gasteiger partial charge in [-0.05, 0) is 12.0 Å². The summed E-state index contributed by atoms with van der Waals surface area (Å²) in [5.74, 6) is 0.0928. The fourth-order valence-corrected chi connectivity index (χ4v) is 2.19. The van der Waals surface area contributed by atoms with E-state index in [4.69, 9.17) is 5.73 Å². The van der Waals surface area contributed by atoms with Crippen molar-refractivity contribution in [3.63, 3.8) is 0 Å². The molecule has 1 aromatic heterocycles. The summed E-state index contributed by atoms with van der Waals surface area (Å²) >= 11 is 0. The third-order valence-electron chi connectivity index (χ3n) is 3.54. The van der Waals surface area contributed by atoms with Gasteiger partial charge in [0, 0.05) is 17.8 Å². The standard InChI is InChI=1S/C16H22N4O/c1-3-7-13-10-14(20-19-13)18-16(21)11(2)15(17)12-8-5-4-6-9-12/h4-6,8-11,15H,3,7,17H2,1-2H3,(H2,18,19,20,21). The molecular weight excluding hydrogens is 264 g/mol. The first-order chi connectivity index (χ1) is 10.1. The first-order valence-corrected chi connectivity index (χ1v) is 7.27. The van der Waals surface area contributed by atoms with Crippen molar-refractivity contribution in [2.24, 2.45) is 11.7 Å². The van der Waals surface area contributed by atoms with Crippen LogP contribution in [0, 0.1) is 5.92 Å². The van der Waals surface area contributed by atoms with Crippen molar-refractivity contribution in [1.82, 2.24) is 10.2 Å². The van der Waals surface area contributed by atoms with Gasteiger partial charge in [0.25, 0.3) is 0 Å². The highest BCUT2D eigenvalue weighted by Gasteiger charge is 2.22. The number of carbonyl (C=O) groups excluding carboxylic acids is 1. The van der Waals surface area contributed by atoms with Crippen LogP contribution >= 0.6 is 0 Å². The zero-order valence-electron chi connectivity index (χ0n) is 12.5. The molecule has 2 rings (SSSR count). The fourth-order valence-electron chi connectivity index (χ4n) is 2.19. The number of hydrogen-bond donors (Lipinski definition) is 3. The van der Waals surface area contributed by atoms with Gasteiger partial charge >= 0.3 is 0 Å². The van der Waals surface area contributed by atoms with E-state index in [2.05, 4.69) is 22.4 Å². The molecule has 5 nitrogen and oxygen atoms in total. The lowest BCUT2D eigenvalue weighted by Gasteiger charge is -2.19. The molecule has 1 amide bonds. The van der Waals surface area contributed by atoms with Crippen molar-refractivity contribution in [1.29, 1.82) is 0 Å². The van der Waals surface area contributed by atoms with Gasteiger partial charge in [-0.1, -0.05) is 50.6 Å². The third-order valence-corrected chi connectivity index (χ3v) is 3.54. The second-order valence-corrected chi connectivity index (χ2v) is 5.24. The number of nitrogens with zero attached hydrogens (tertiary/aromatic N) is 1. The third kappa shape index (κ3) is 3.92. The molecule has 4 N–H and O–H groups in total. The molecule has 2 unspecified atom stereocenters. The molecule has 0 bridgehead atoms. The van der Waals surface area contributed by atoms with Crippen LogP contribution in [0.4, 0.5) is 5.82 Å². The second-order valence-electron chi connectivity index (χ2n) is 5.24. The molecule has 5 heteroatoms. The zero-order chi connectivity index (χ0) is 15.2. The van der Waals surface area contributed by atoms with Gasteiger partial charge in [-0.15, -0.1) is 0 Å². The van der Waals surface area contributed by atoms with Crippen LogP contribution in [0.1, 0.15) is 37.6 Å². The Morgan fingerprint density at radius 1 is 1.38 bits per heavy atom. The van der Waals surface area contributed by atoms with Crippen molar-refractivity contribution in [3.05, 3.63) is 47.7 Å². The van der Waals surface area contributed by atoms with Crippen molar-refractivity contribution in [3.8, 4) is 0 Å². The van der Waals surface area contributed by atoms with Crippen LogP contribution in [0.15, 0.2) is 36.4 Å². The normalized spacial score (nSPS) is 13.7. The molecule has 1 heterocycles. The van der Waals surface area contributed by atoms with Crippen LogP contribution in [0.3, 0.4) is 0 Å². The summed E-state index contributed by atoms with van der Waals surface area (Å²) in [5, 5.41) is 9.82. The number of hydrogen-bond acceptors (Lipinski definition) is 3. The van der Waals surface area contributed by atoms with Gasteiger partial charge in [0.15, 0.2) is 5.82 Å². The highest BCUT2D eigenvalue weighted by molar-refractivity contribution is 5.92. The summed E-state index contributed by atoms with van der Waals surface area (Å²) < 4.78 is 0. The number of aromatic nitrogens is 2. The maximum Gasteiger partial charge on any atom is 0.230 e. The first kappa shape index (κ1) is 15.3. The number of aromatic amines is 1. The lowest BCUT2D eigenvalue weighted by molar-refractivity contribution is -0.120. The Bertz CT molecular complexity index is 579. The lowest BCUT2D eigenvalue weighted by atomic mass is 9.95. The summed E-state index contributed by atoms with van der Waals surface area (Å²) in [6.45, 7) is 3.92. The van der Waals surface area contributed by atoms with Gasteiger partial charge in [0.2, 0.25) is 5.91 Å². The minimum atomic E-state index is -0.335. The Morgan fingerprint density at radius 3 is 2.76 bits per heavy atom. The molecule has 1 aromatic carbocycles. The van der Waals surface area contributed by atoms with Gasteiger partial charge < -0.3 is 11.1 Å². The maximum atomic E-state index is 12.2. The number of nitrogens with one attached hydrogen (secondary N) is 2. The minimum Gasteiger partial charge on any atom is -0.323 e. The van der Waals surface area contributed by atoms with Gasteiger partial charge in [-0.2, -0.15) is 5.10 Å². The highest BCUT2D eigenvalue weighted by atomic mass is 16.2. The number of anilines is 1. The van der Waals surface area contributed by atoms with Crippen molar-refractivity contribution in [2.45, 2.75) is 32.7 Å². The molecule has 0 aliphatic carbocycles. The second kappa shape index (κ2) is 7.04. The topological polar surface area (TPSA) is 83.8 Å². The first-order valence-electron chi connectivity index (χ1n) is 7.27. The van der Waals surface area contributed by atoms with E-state index >= 15 is 0 Å². The summed E-state index contributed by atoms with van der Waals surface area (Å²) in [7, 11) is 0. The van der Waals surface area contributed by atoms with E-state index < -0.39 is 0 Å². The SMILES string of the molecule is CCCc1cc(NC(=O)C(C)C(N)c2ccccc2)n[nH]1. The lowest BCUT2D eigenvalue weighted by Crippen LogP contribution is -2.30. The minimum absolute atomic E-state index is 0.124. The summed E-state index contributed by atoms with van der Waals surface area (Å²) in [5.41, 5.74) is 8.13. The number of benzene rings is 1. The molecule has 2 atom stereocenters. The van der Waals surface area contributed by atoms with Gasteiger partial charge in [0.05, 0.1) is 5.92 Å². The van der Waals surface area contributed by atoms with E-state index in [1.165, 1.54) is 0 Å². The van der Waals surface area contributed by atoms with E-state index in [9.17, 15) is 4.79 Å². The fraction of sp³-hybridized carbons (Fsp3) is 0.375. The highest BCUT2D eigenvalue weighted by Crippen LogP contribution is 2.20. The Labute approximate surface area is 124 Å². The van der Waals surface area contributed by atoms with E-state index in [-0.39, 0.29) is 17.9 Å². The van der Waals surface area contributed by atoms with Gasteiger partial charge in [0.1, 0.15) is 0 Å². The van der Waals surface area contributed by atoms with E-state index in [0.29, 0.717) is 5.82 Å². The van der Waals surface area contributed by atoms with Crippen LogP contribution in [0.2, 0.25) is 0 Å². The molecule has 0 radical (unpaired) electrons. The summed E-state index contributed by atoms with van der Waals surface area (Å²) in [4.78, 5) is 12.2. The number of H-pyrrole nitrogens is 1. The van der Waals surface area contributed by atoms with E-state index in [1.54, 1.807) is 0 Å². The molecule has 0 saturated carbocycles. The monoisotopic (exact) mass is 286 g/mol. The maximum absolute atomic E-state index is 12.2. The van der Waals surface area contributed by atoms with Gasteiger partial charge in [-0.3, -0.25) is 9.89 Å². The summed E-state index contributed by atoms with van der Waals surface area (Å²) in [6.07, 6.45) is 1.95. The van der Waals surface area contributed by atoms with Crippen molar-refractivity contribution >= 4 is 11.7 Å². The van der Waals surface area contributed by atoms with Crippen LogP contribution in [0.5, 0.6) is 0 Å². The average Bonchev–Trinajstić information content (AvgIpc) is 2.94. The molecule has 0 spiro atoms. The van der Waals surface area contributed by atoms with Crippen LogP contribution < -0.4 is 11.1 Å². The molecule has 0 fully saturated rings. The summed E-state index contributed by atoms with van der Waals surface area (Å²) in [6, 6.07) is 11.2. The quantitative estimate of drug-likeness (QED) is 0.763. The molecule has 0 aliphatic heterocycles. The number of amides is 1. The Balaban J connectivity index is 1.98. The van der Waals surface area contributed by atoms with E-state index in [0.717, 1.165) is 24.1 Å². The van der Waals surface area contributed by atoms with Crippen LogP contribution in [-0.4, -0.2) is 16.1 Å². The van der Waals surface area contributed by atoms with Crippen LogP contribution in [-0.2, 0) is 11.2 Å². The predicted molar refractivity (Wildman–Crippen MR) is 83.7 cm³/mol. The average molecular weight is 286 g/mol. The van der Waals surface area contributed by atoms with Crippen molar-refractivity contribution < 1.29 is 4.79 Å². The number of rotatable bonds is 6. The molecule has 21 heavy (non-hydrogen) atoms. The predicted octanol–water partition coefficient (Wildman–Crippen LogP) is 2.64. The molecule has 0 aliphatic rings. The molecule has 2 aromatic rings. The molecule has 0 saturated heterocycles.